The van der Waals surface area contributed by atoms with E-state index in [-0.39, 0.29) is 0 Å². The third-order valence-electron chi connectivity index (χ3n) is 4.28. The Kier molecular flexibility index (Phi) is 8.61. The lowest BCUT2D eigenvalue weighted by molar-refractivity contribution is 0.108. The maximum Gasteiger partial charge on any atom is 0.161 e. The van der Waals surface area contributed by atoms with Crippen molar-refractivity contribution in [3.05, 3.63) is 83.9 Å². The lowest BCUT2D eigenvalue weighted by Gasteiger charge is -2.11. The molecule has 0 aliphatic carbocycles. The number of benzene rings is 3. The standard InChI is InChI=1S/C25H27NO5/c1-3-28-22-10-12-23(13-11-22)29-15-16-31-26-18-21-9-14-24(25(17-21)27-2)30-19-20-7-5-4-6-8-20/h4-14,17-18H,3,15-16,19H2,1-2H3/b26-18-. The zero-order valence-corrected chi connectivity index (χ0v) is 17.8. The molecular weight excluding hydrogens is 394 g/mol. The Morgan fingerprint density at radius 3 is 2.23 bits per heavy atom. The second-order valence-corrected chi connectivity index (χ2v) is 6.51. The number of rotatable bonds is 12. The molecule has 0 heterocycles. The van der Waals surface area contributed by atoms with Gasteiger partial charge in [0.1, 0.15) is 24.7 Å². The van der Waals surface area contributed by atoms with Crippen LogP contribution in [0.3, 0.4) is 0 Å². The number of hydrogen-bond acceptors (Lipinski definition) is 6. The summed E-state index contributed by atoms with van der Waals surface area (Å²) in [6.07, 6.45) is 1.63. The van der Waals surface area contributed by atoms with Gasteiger partial charge in [0.25, 0.3) is 0 Å². The van der Waals surface area contributed by atoms with Gasteiger partial charge >= 0.3 is 0 Å². The molecule has 0 unspecified atom stereocenters. The van der Waals surface area contributed by atoms with Gasteiger partial charge in [-0.15, -0.1) is 0 Å². The van der Waals surface area contributed by atoms with Crippen LogP contribution in [0.25, 0.3) is 0 Å². The van der Waals surface area contributed by atoms with Crippen LogP contribution >= 0.6 is 0 Å². The highest BCUT2D eigenvalue weighted by molar-refractivity contribution is 5.80. The van der Waals surface area contributed by atoms with E-state index < -0.39 is 0 Å². The Morgan fingerprint density at radius 2 is 1.52 bits per heavy atom. The summed E-state index contributed by atoms with van der Waals surface area (Å²) >= 11 is 0. The summed E-state index contributed by atoms with van der Waals surface area (Å²) in [6, 6.07) is 23.1. The third-order valence-corrected chi connectivity index (χ3v) is 4.28. The first-order chi connectivity index (χ1) is 15.3. The van der Waals surface area contributed by atoms with Gasteiger partial charge in [-0.3, -0.25) is 0 Å². The second-order valence-electron chi connectivity index (χ2n) is 6.51. The quantitative estimate of drug-likeness (QED) is 0.231. The van der Waals surface area contributed by atoms with Crippen LogP contribution in [-0.4, -0.2) is 33.1 Å². The largest absolute Gasteiger partial charge is 0.494 e. The Bertz CT molecular complexity index is 942. The summed E-state index contributed by atoms with van der Waals surface area (Å²) < 4.78 is 22.3. The zero-order chi connectivity index (χ0) is 21.7. The van der Waals surface area contributed by atoms with Crippen molar-refractivity contribution in [2.24, 2.45) is 5.16 Å². The van der Waals surface area contributed by atoms with Crippen molar-refractivity contribution >= 4 is 6.21 Å². The van der Waals surface area contributed by atoms with E-state index in [9.17, 15) is 0 Å². The van der Waals surface area contributed by atoms with Gasteiger partial charge in [0.15, 0.2) is 18.1 Å². The van der Waals surface area contributed by atoms with Crippen molar-refractivity contribution < 1.29 is 23.8 Å². The molecule has 3 rings (SSSR count). The topological polar surface area (TPSA) is 58.5 Å². The van der Waals surface area contributed by atoms with Crippen molar-refractivity contribution in [3.63, 3.8) is 0 Å². The van der Waals surface area contributed by atoms with Gasteiger partial charge in [0.2, 0.25) is 0 Å². The molecule has 0 aliphatic heterocycles. The monoisotopic (exact) mass is 421 g/mol. The van der Waals surface area contributed by atoms with E-state index in [0.29, 0.717) is 37.9 Å². The minimum absolute atomic E-state index is 0.332. The molecule has 0 atom stereocenters. The van der Waals surface area contributed by atoms with Crippen molar-refractivity contribution in [1.82, 2.24) is 0 Å². The molecular formula is C25H27NO5. The fourth-order valence-corrected chi connectivity index (χ4v) is 2.77. The van der Waals surface area contributed by atoms with Crippen LogP contribution in [0, 0.1) is 0 Å². The van der Waals surface area contributed by atoms with Crippen molar-refractivity contribution in [2.75, 3.05) is 26.9 Å². The lowest BCUT2D eigenvalue weighted by atomic mass is 10.2. The predicted molar refractivity (Wildman–Crippen MR) is 120 cm³/mol. The molecule has 3 aromatic carbocycles. The normalized spacial score (nSPS) is 10.6. The summed E-state index contributed by atoms with van der Waals surface area (Å²) in [5.41, 5.74) is 1.94. The summed E-state index contributed by atoms with van der Waals surface area (Å²) in [6.45, 7) is 3.79. The first kappa shape index (κ1) is 22.0. The Labute approximate surface area is 183 Å². The molecule has 162 valence electrons. The van der Waals surface area contributed by atoms with E-state index in [1.807, 2.05) is 79.7 Å². The van der Waals surface area contributed by atoms with Gasteiger partial charge < -0.3 is 23.8 Å². The number of hydrogen-bond donors (Lipinski definition) is 0. The molecule has 0 fully saturated rings. The number of ether oxygens (including phenoxy) is 4. The maximum absolute atomic E-state index is 5.86. The smallest absolute Gasteiger partial charge is 0.161 e. The van der Waals surface area contributed by atoms with Crippen LogP contribution < -0.4 is 18.9 Å². The first-order valence-electron chi connectivity index (χ1n) is 10.1. The zero-order valence-electron chi connectivity index (χ0n) is 17.8. The van der Waals surface area contributed by atoms with Crippen LogP contribution in [0.15, 0.2) is 78.0 Å². The van der Waals surface area contributed by atoms with Crippen LogP contribution in [-0.2, 0) is 11.4 Å². The minimum atomic E-state index is 0.332. The van der Waals surface area contributed by atoms with Crippen LogP contribution in [0.2, 0.25) is 0 Å². The van der Waals surface area contributed by atoms with Crippen LogP contribution in [0.5, 0.6) is 23.0 Å². The van der Waals surface area contributed by atoms with E-state index in [0.717, 1.165) is 22.6 Å². The highest BCUT2D eigenvalue weighted by atomic mass is 16.6. The Morgan fingerprint density at radius 1 is 0.774 bits per heavy atom. The molecule has 0 aromatic heterocycles. The summed E-state index contributed by atoms with van der Waals surface area (Å²) in [5, 5.41) is 3.99. The van der Waals surface area contributed by atoms with Crippen molar-refractivity contribution in [2.45, 2.75) is 13.5 Å². The van der Waals surface area contributed by atoms with Gasteiger partial charge in [0.05, 0.1) is 19.9 Å². The maximum atomic E-state index is 5.86. The summed E-state index contributed by atoms with van der Waals surface area (Å²) in [4.78, 5) is 5.28. The van der Waals surface area contributed by atoms with Crippen molar-refractivity contribution in [3.8, 4) is 23.0 Å². The molecule has 0 bridgehead atoms. The molecule has 6 nitrogen and oxygen atoms in total. The Balaban J connectivity index is 1.42. The second kappa shape index (κ2) is 12.1. The highest BCUT2D eigenvalue weighted by Gasteiger charge is 2.05. The molecule has 31 heavy (non-hydrogen) atoms. The van der Waals surface area contributed by atoms with E-state index >= 15 is 0 Å². The first-order valence-corrected chi connectivity index (χ1v) is 10.1. The SMILES string of the molecule is CCOc1ccc(OCCO/N=C\c2ccc(OCc3ccccc3)c(OC)c2)cc1. The molecule has 0 radical (unpaired) electrons. The minimum Gasteiger partial charge on any atom is -0.494 e. The fourth-order valence-electron chi connectivity index (χ4n) is 2.77. The van der Waals surface area contributed by atoms with E-state index in [1.165, 1.54) is 0 Å². The van der Waals surface area contributed by atoms with E-state index in [2.05, 4.69) is 5.16 Å². The predicted octanol–water partition coefficient (Wildman–Crippen LogP) is 5.10. The summed E-state index contributed by atoms with van der Waals surface area (Å²) in [7, 11) is 1.61. The molecule has 3 aromatic rings. The van der Waals surface area contributed by atoms with Crippen LogP contribution in [0.4, 0.5) is 0 Å². The molecule has 0 saturated heterocycles. The Hall–Kier alpha value is -3.67. The molecule has 0 N–H and O–H groups in total. The van der Waals surface area contributed by atoms with Gasteiger partial charge in [0, 0.05) is 5.56 Å². The number of methoxy groups -OCH3 is 1. The van der Waals surface area contributed by atoms with E-state index in [1.54, 1.807) is 13.3 Å². The average Bonchev–Trinajstić information content (AvgIpc) is 2.82. The third kappa shape index (κ3) is 7.26. The van der Waals surface area contributed by atoms with Crippen molar-refractivity contribution in [1.29, 1.82) is 0 Å². The van der Waals surface area contributed by atoms with Gasteiger partial charge in [-0.05, 0) is 55.0 Å². The highest BCUT2D eigenvalue weighted by Crippen LogP contribution is 2.28. The van der Waals surface area contributed by atoms with Gasteiger partial charge in [-0.25, -0.2) is 0 Å². The number of nitrogens with zero attached hydrogens (tertiary/aromatic N) is 1. The number of oxime groups is 1. The molecule has 6 heteroatoms. The molecule has 0 saturated carbocycles. The summed E-state index contributed by atoms with van der Waals surface area (Å²) in [5.74, 6) is 2.89. The van der Waals surface area contributed by atoms with Gasteiger partial charge in [-0.2, -0.15) is 0 Å². The van der Waals surface area contributed by atoms with Crippen LogP contribution in [0.1, 0.15) is 18.1 Å². The lowest BCUT2D eigenvalue weighted by Crippen LogP contribution is -2.04. The molecule has 0 amide bonds. The average molecular weight is 421 g/mol. The van der Waals surface area contributed by atoms with Gasteiger partial charge in [-0.1, -0.05) is 35.5 Å². The van der Waals surface area contributed by atoms with E-state index in [4.69, 9.17) is 23.8 Å². The molecule has 0 aliphatic rings. The molecule has 0 spiro atoms. The fraction of sp³-hybridized carbons (Fsp3) is 0.240.